The van der Waals surface area contributed by atoms with E-state index in [4.69, 9.17) is 0 Å². The first-order valence-corrected chi connectivity index (χ1v) is 8.31. The van der Waals surface area contributed by atoms with Crippen molar-refractivity contribution in [1.29, 1.82) is 0 Å². The summed E-state index contributed by atoms with van der Waals surface area (Å²) >= 11 is 0. The van der Waals surface area contributed by atoms with Crippen LogP contribution in [0.2, 0.25) is 0 Å². The molecule has 0 unspecified atom stereocenters. The van der Waals surface area contributed by atoms with Crippen molar-refractivity contribution in [3.05, 3.63) is 73.3 Å². The van der Waals surface area contributed by atoms with Gasteiger partial charge in [0.05, 0.1) is 6.33 Å². The van der Waals surface area contributed by atoms with Crippen molar-refractivity contribution in [3.63, 3.8) is 0 Å². The molecule has 6 nitrogen and oxygen atoms in total. The molecule has 6 heteroatoms. The van der Waals surface area contributed by atoms with E-state index in [0.717, 1.165) is 11.1 Å². The number of carbonyl (C=O) groups excluding carboxylic acids is 2. The lowest BCUT2D eigenvalue weighted by Gasteiger charge is -2.17. The molecule has 0 aliphatic rings. The maximum atomic E-state index is 12.8. The lowest BCUT2D eigenvalue weighted by Crippen LogP contribution is -2.39. The summed E-state index contributed by atoms with van der Waals surface area (Å²) in [5.41, 5.74) is 2.57. The van der Waals surface area contributed by atoms with Gasteiger partial charge in [0.2, 0.25) is 11.8 Å². The van der Waals surface area contributed by atoms with Gasteiger partial charge in [0.15, 0.2) is 0 Å². The summed E-state index contributed by atoms with van der Waals surface area (Å²) in [6.45, 7) is 0.221. The molecule has 0 radical (unpaired) electrons. The maximum Gasteiger partial charge on any atom is 0.238 e. The van der Waals surface area contributed by atoms with Crippen LogP contribution in [0, 0.1) is 5.92 Å². The van der Waals surface area contributed by atoms with Crippen LogP contribution in [0.3, 0.4) is 0 Å². The largest absolute Gasteiger partial charge is 0.358 e. The molecule has 0 spiro atoms. The number of hydrogen-bond acceptors (Lipinski definition) is 3. The molecule has 0 aliphatic heterocycles. The predicted molar refractivity (Wildman–Crippen MR) is 100 cm³/mol. The summed E-state index contributed by atoms with van der Waals surface area (Å²) in [6.07, 6.45) is 4.92. The second-order valence-electron chi connectivity index (χ2n) is 5.83. The highest BCUT2D eigenvalue weighted by Crippen LogP contribution is 2.28. The van der Waals surface area contributed by atoms with Gasteiger partial charge in [-0.05, 0) is 11.6 Å². The Morgan fingerprint density at radius 1 is 1.04 bits per heavy atom. The van der Waals surface area contributed by atoms with Crippen LogP contribution in [0.4, 0.5) is 5.69 Å². The van der Waals surface area contributed by atoms with Crippen LogP contribution in [0.15, 0.2) is 73.3 Å². The first-order valence-electron chi connectivity index (χ1n) is 8.31. The van der Waals surface area contributed by atoms with Crippen molar-refractivity contribution in [2.45, 2.75) is 6.54 Å². The average Bonchev–Trinajstić information content (AvgIpc) is 3.20. The quantitative estimate of drug-likeness (QED) is 0.672. The minimum Gasteiger partial charge on any atom is -0.358 e. The zero-order chi connectivity index (χ0) is 18.4. The number of nitrogens with one attached hydrogen (secondary N) is 2. The molecule has 3 aromatic rings. The number of carbonyl (C=O) groups is 2. The highest BCUT2D eigenvalue weighted by atomic mass is 16.2. The summed E-state index contributed by atoms with van der Waals surface area (Å²) in [4.78, 5) is 29.0. The minimum atomic E-state index is -0.863. The van der Waals surface area contributed by atoms with E-state index < -0.39 is 5.92 Å². The van der Waals surface area contributed by atoms with Crippen LogP contribution >= 0.6 is 0 Å². The van der Waals surface area contributed by atoms with Crippen molar-refractivity contribution in [2.75, 3.05) is 12.4 Å². The molecular formula is C20H20N4O2. The molecule has 3 rings (SSSR count). The third kappa shape index (κ3) is 3.97. The number of imidazole rings is 1. The minimum absolute atomic E-state index is 0.221. The van der Waals surface area contributed by atoms with E-state index in [1.165, 1.54) is 7.05 Å². The number of anilines is 1. The summed E-state index contributed by atoms with van der Waals surface area (Å²) in [5.74, 6) is -1.56. The molecule has 0 saturated carbocycles. The molecule has 132 valence electrons. The van der Waals surface area contributed by atoms with Crippen LogP contribution in [0.5, 0.6) is 0 Å². The van der Waals surface area contributed by atoms with Gasteiger partial charge in [0.25, 0.3) is 0 Å². The normalized spacial score (nSPS) is 11.6. The average molecular weight is 348 g/mol. The molecule has 0 saturated heterocycles. The molecule has 0 fully saturated rings. The van der Waals surface area contributed by atoms with Gasteiger partial charge in [0.1, 0.15) is 5.92 Å². The number of benzene rings is 2. The van der Waals surface area contributed by atoms with Crippen molar-refractivity contribution < 1.29 is 9.59 Å². The van der Waals surface area contributed by atoms with Gasteiger partial charge in [-0.3, -0.25) is 9.59 Å². The monoisotopic (exact) mass is 348 g/mol. The van der Waals surface area contributed by atoms with Crippen molar-refractivity contribution in [2.24, 2.45) is 5.92 Å². The van der Waals surface area contributed by atoms with E-state index in [0.29, 0.717) is 5.69 Å². The van der Waals surface area contributed by atoms with Crippen molar-refractivity contribution >= 4 is 17.5 Å². The van der Waals surface area contributed by atoms with E-state index >= 15 is 0 Å². The molecule has 2 amide bonds. The molecule has 1 atom stereocenters. The third-order valence-corrected chi connectivity index (χ3v) is 4.10. The SMILES string of the molecule is CNC(=O)[C@H](Cn1ccnc1)C(=O)Nc1ccccc1-c1ccccc1. The Labute approximate surface area is 151 Å². The summed E-state index contributed by atoms with van der Waals surface area (Å²) in [7, 11) is 1.52. The first kappa shape index (κ1) is 17.4. The Bertz CT molecular complexity index is 876. The summed E-state index contributed by atoms with van der Waals surface area (Å²) in [5, 5.41) is 5.46. The van der Waals surface area contributed by atoms with Gasteiger partial charge in [-0.25, -0.2) is 4.98 Å². The summed E-state index contributed by atoms with van der Waals surface area (Å²) in [6, 6.07) is 17.3. The van der Waals surface area contributed by atoms with Crippen molar-refractivity contribution in [1.82, 2.24) is 14.9 Å². The molecule has 1 aromatic heterocycles. The van der Waals surface area contributed by atoms with Gasteiger partial charge in [-0.1, -0.05) is 48.5 Å². The number of rotatable bonds is 6. The van der Waals surface area contributed by atoms with E-state index in [1.807, 2.05) is 54.6 Å². The number of amides is 2. The van der Waals surface area contributed by atoms with Crippen LogP contribution < -0.4 is 10.6 Å². The lowest BCUT2D eigenvalue weighted by molar-refractivity contribution is -0.132. The van der Waals surface area contributed by atoms with Crippen molar-refractivity contribution in [3.8, 4) is 11.1 Å². The fourth-order valence-electron chi connectivity index (χ4n) is 2.75. The third-order valence-electron chi connectivity index (χ3n) is 4.10. The Hall–Kier alpha value is -3.41. The molecule has 2 aromatic carbocycles. The van der Waals surface area contributed by atoms with Crippen LogP contribution in [-0.2, 0) is 16.1 Å². The Balaban J connectivity index is 1.85. The lowest BCUT2D eigenvalue weighted by atomic mass is 10.0. The number of nitrogens with zero attached hydrogens (tertiary/aromatic N) is 2. The fraction of sp³-hybridized carbons (Fsp3) is 0.150. The molecule has 0 bridgehead atoms. The van der Waals surface area contributed by atoms with Gasteiger partial charge in [0, 0.05) is 37.2 Å². The second kappa shape index (κ2) is 8.11. The number of hydrogen-bond donors (Lipinski definition) is 2. The van der Waals surface area contributed by atoms with Gasteiger partial charge in [-0.2, -0.15) is 0 Å². The van der Waals surface area contributed by atoms with Crippen LogP contribution in [0.1, 0.15) is 0 Å². The standard InChI is InChI=1S/C20H20N4O2/c1-21-19(25)17(13-24-12-11-22-14-24)20(26)23-18-10-6-5-9-16(18)15-7-3-2-4-8-15/h2-12,14,17H,13H2,1H3,(H,21,25)(H,23,26)/t17-/m0/s1. The maximum absolute atomic E-state index is 12.8. The Morgan fingerprint density at radius 2 is 1.77 bits per heavy atom. The second-order valence-corrected chi connectivity index (χ2v) is 5.83. The van der Waals surface area contributed by atoms with E-state index in [2.05, 4.69) is 15.6 Å². The van der Waals surface area contributed by atoms with E-state index in [9.17, 15) is 9.59 Å². The fourth-order valence-corrected chi connectivity index (χ4v) is 2.75. The first-order chi connectivity index (χ1) is 12.7. The van der Waals surface area contributed by atoms with Crippen LogP contribution in [-0.4, -0.2) is 28.4 Å². The highest BCUT2D eigenvalue weighted by Gasteiger charge is 2.27. The van der Waals surface area contributed by atoms with Gasteiger partial charge in [-0.15, -0.1) is 0 Å². The highest BCUT2D eigenvalue weighted by molar-refractivity contribution is 6.07. The van der Waals surface area contributed by atoms with E-state index in [1.54, 1.807) is 23.3 Å². The predicted octanol–water partition coefficient (Wildman–Crippen LogP) is 2.55. The zero-order valence-corrected chi connectivity index (χ0v) is 14.4. The molecular weight excluding hydrogens is 328 g/mol. The van der Waals surface area contributed by atoms with Crippen LogP contribution in [0.25, 0.3) is 11.1 Å². The zero-order valence-electron chi connectivity index (χ0n) is 14.4. The molecule has 2 N–H and O–H groups in total. The van der Waals surface area contributed by atoms with Gasteiger partial charge < -0.3 is 15.2 Å². The smallest absolute Gasteiger partial charge is 0.238 e. The Morgan fingerprint density at radius 3 is 2.46 bits per heavy atom. The number of aromatic nitrogens is 2. The Kier molecular flexibility index (Phi) is 5.43. The van der Waals surface area contributed by atoms with Gasteiger partial charge >= 0.3 is 0 Å². The topological polar surface area (TPSA) is 76.0 Å². The molecule has 26 heavy (non-hydrogen) atoms. The molecule has 0 aliphatic carbocycles. The molecule has 1 heterocycles. The summed E-state index contributed by atoms with van der Waals surface area (Å²) < 4.78 is 1.71. The van der Waals surface area contributed by atoms with E-state index in [-0.39, 0.29) is 18.4 Å². The number of para-hydroxylation sites is 1.